The van der Waals surface area contributed by atoms with Crippen molar-refractivity contribution in [3.8, 4) is 0 Å². The Bertz CT molecular complexity index is 746. The number of guanidine groups is 1. The largest absolute Gasteiger partial charge is 0.384 e. The minimum absolute atomic E-state index is 0.381. The van der Waals surface area contributed by atoms with Crippen molar-refractivity contribution in [2.75, 3.05) is 53.5 Å². The molecule has 3 rings (SSSR count). The molecule has 0 saturated carbocycles. The lowest BCUT2D eigenvalue weighted by Crippen LogP contribution is -2.45. The molecule has 0 aliphatic carbocycles. The van der Waals surface area contributed by atoms with E-state index in [1.165, 1.54) is 0 Å². The van der Waals surface area contributed by atoms with Crippen molar-refractivity contribution in [3.63, 3.8) is 0 Å². The number of likely N-dealkylation sites (tertiary alicyclic amines) is 1. The molecule has 1 atom stereocenters. The zero-order chi connectivity index (χ0) is 20.0. The van der Waals surface area contributed by atoms with E-state index in [1.807, 2.05) is 13.1 Å². The number of aliphatic imine (C=N–C) groups is 1. The van der Waals surface area contributed by atoms with E-state index < -0.39 is 10.0 Å². The van der Waals surface area contributed by atoms with Crippen LogP contribution < -0.4 is 5.32 Å². The molecule has 2 aliphatic rings. The van der Waals surface area contributed by atoms with E-state index in [-0.39, 0.29) is 0 Å². The smallest absolute Gasteiger partial charge is 0.243 e. The number of nitrogens with zero attached hydrogens (tertiary/aromatic N) is 3. The molecule has 0 amide bonds. The van der Waals surface area contributed by atoms with Gasteiger partial charge in [-0.1, -0.05) is 18.2 Å². The maximum atomic E-state index is 12.7. The van der Waals surface area contributed by atoms with Crippen molar-refractivity contribution >= 4 is 16.0 Å². The number of methoxy groups -OCH3 is 1. The number of nitrogens with one attached hydrogen (secondary N) is 1. The molecule has 2 aliphatic heterocycles. The van der Waals surface area contributed by atoms with Crippen LogP contribution in [0, 0.1) is 11.8 Å². The minimum Gasteiger partial charge on any atom is -0.384 e. The fraction of sp³-hybridized carbons (Fsp3) is 0.650. The first-order chi connectivity index (χ1) is 13.5. The molecule has 1 unspecified atom stereocenters. The molecule has 0 aromatic heterocycles. The Labute approximate surface area is 168 Å². The Morgan fingerprint density at radius 2 is 1.82 bits per heavy atom. The Kier molecular flexibility index (Phi) is 7.31. The molecule has 156 valence electrons. The van der Waals surface area contributed by atoms with E-state index in [2.05, 4.69) is 15.2 Å². The molecule has 8 heteroatoms. The number of hydrogen-bond acceptors (Lipinski definition) is 4. The van der Waals surface area contributed by atoms with Gasteiger partial charge in [0.25, 0.3) is 0 Å². The second-order valence-electron chi connectivity index (χ2n) is 7.64. The van der Waals surface area contributed by atoms with Crippen LogP contribution in [0.15, 0.2) is 40.2 Å². The van der Waals surface area contributed by atoms with Gasteiger partial charge in [-0.2, -0.15) is 4.31 Å². The number of piperidine rings is 1. The summed E-state index contributed by atoms with van der Waals surface area (Å²) in [5, 5.41) is 3.50. The third-order valence-corrected chi connectivity index (χ3v) is 7.62. The van der Waals surface area contributed by atoms with Gasteiger partial charge >= 0.3 is 0 Å². The highest BCUT2D eigenvalue weighted by atomic mass is 32.2. The van der Waals surface area contributed by atoms with Crippen molar-refractivity contribution in [1.82, 2.24) is 14.5 Å². The number of benzene rings is 1. The maximum Gasteiger partial charge on any atom is 0.243 e. The highest BCUT2D eigenvalue weighted by molar-refractivity contribution is 7.89. The Balaban J connectivity index is 1.47. The monoisotopic (exact) mass is 408 g/mol. The Morgan fingerprint density at radius 3 is 2.46 bits per heavy atom. The second kappa shape index (κ2) is 9.71. The first kappa shape index (κ1) is 21.1. The standard InChI is InChI=1S/C20H32N4O3S/c1-21-20(23-11-8-18(15-23)16-27-2)22-14-17-9-12-24(13-10-17)28(25,26)19-6-4-3-5-7-19/h3-7,17-18H,8-16H2,1-2H3,(H,21,22). The summed E-state index contributed by atoms with van der Waals surface area (Å²) in [6, 6.07) is 8.71. The average Bonchev–Trinajstić information content (AvgIpc) is 3.18. The fourth-order valence-electron chi connectivity index (χ4n) is 4.06. The molecule has 0 spiro atoms. The van der Waals surface area contributed by atoms with Crippen molar-refractivity contribution in [2.45, 2.75) is 24.2 Å². The predicted molar refractivity (Wildman–Crippen MR) is 111 cm³/mol. The van der Waals surface area contributed by atoms with Crippen LogP contribution in [0.25, 0.3) is 0 Å². The van der Waals surface area contributed by atoms with E-state index in [1.54, 1.807) is 35.7 Å². The Morgan fingerprint density at radius 1 is 1.14 bits per heavy atom. The second-order valence-corrected chi connectivity index (χ2v) is 9.58. The number of sulfonamides is 1. The molecule has 1 aromatic rings. The van der Waals surface area contributed by atoms with Crippen molar-refractivity contribution in [1.29, 1.82) is 0 Å². The molecule has 28 heavy (non-hydrogen) atoms. The lowest BCUT2D eigenvalue weighted by Gasteiger charge is -2.32. The zero-order valence-electron chi connectivity index (χ0n) is 16.9. The highest BCUT2D eigenvalue weighted by Crippen LogP contribution is 2.23. The number of hydrogen-bond donors (Lipinski definition) is 1. The molecule has 2 heterocycles. The first-order valence-corrected chi connectivity index (χ1v) is 11.5. The summed E-state index contributed by atoms with van der Waals surface area (Å²) in [6.45, 7) is 4.74. The molecule has 7 nitrogen and oxygen atoms in total. The van der Waals surface area contributed by atoms with Gasteiger partial charge in [0.1, 0.15) is 0 Å². The summed E-state index contributed by atoms with van der Waals surface area (Å²) < 4.78 is 32.4. The number of ether oxygens (including phenoxy) is 1. The van der Waals surface area contributed by atoms with E-state index in [9.17, 15) is 8.42 Å². The molecule has 0 radical (unpaired) electrons. The van der Waals surface area contributed by atoms with Crippen LogP contribution in [-0.2, 0) is 14.8 Å². The van der Waals surface area contributed by atoms with Crippen molar-refractivity contribution < 1.29 is 13.2 Å². The number of rotatable bonds is 6. The third-order valence-electron chi connectivity index (χ3n) is 5.70. The van der Waals surface area contributed by atoms with Gasteiger partial charge in [-0.3, -0.25) is 4.99 Å². The van der Waals surface area contributed by atoms with Gasteiger partial charge in [0.05, 0.1) is 11.5 Å². The van der Waals surface area contributed by atoms with Gasteiger partial charge < -0.3 is 15.0 Å². The lowest BCUT2D eigenvalue weighted by molar-refractivity contribution is 0.157. The summed E-state index contributed by atoms with van der Waals surface area (Å²) in [5.41, 5.74) is 0. The molecular formula is C20H32N4O3S. The summed E-state index contributed by atoms with van der Waals surface area (Å²) in [5.74, 6) is 1.96. The van der Waals surface area contributed by atoms with Crippen LogP contribution in [0.4, 0.5) is 0 Å². The average molecular weight is 409 g/mol. The van der Waals surface area contributed by atoms with E-state index in [4.69, 9.17) is 4.74 Å². The van der Waals surface area contributed by atoms with Gasteiger partial charge in [0.2, 0.25) is 10.0 Å². The molecular weight excluding hydrogens is 376 g/mol. The zero-order valence-corrected chi connectivity index (χ0v) is 17.7. The normalized spacial score (nSPS) is 22.6. The van der Waals surface area contributed by atoms with Gasteiger partial charge in [-0.15, -0.1) is 0 Å². The topological polar surface area (TPSA) is 74.2 Å². The lowest BCUT2D eigenvalue weighted by atomic mass is 9.98. The SMILES string of the molecule is CN=C(NCC1CCN(S(=O)(=O)c2ccccc2)CC1)N1CCC(COC)C1. The predicted octanol–water partition coefficient (Wildman–Crippen LogP) is 1.63. The fourth-order valence-corrected chi connectivity index (χ4v) is 5.55. The maximum absolute atomic E-state index is 12.7. The van der Waals surface area contributed by atoms with Crippen LogP contribution in [0.1, 0.15) is 19.3 Å². The van der Waals surface area contributed by atoms with Gasteiger partial charge in [-0.25, -0.2) is 8.42 Å². The van der Waals surface area contributed by atoms with Crippen LogP contribution >= 0.6 is 0 Å². The van der Waals surface area contributed by atoms with Gasteiger partial charge in [0.15, 0.2) is 5.96 Å². The minimum atomic E-state index is -3.38. The van der Waals surface area contributed by atoms with Crippen LogP contribution in [0.3, 0.4) is 0 Å². The molecule has 1 aromatic carbocycles. The third kappa shape index (κ3) is 5.04. The van der Waals surface area contributed by atoms with Crippen LogP contribution in [-0.4, -0.2) is 77.1 Å². The first-order valence-electron chi connectivity index (χ1n) is 10.0. The van der Waals surface area contributed by atoms with Crippen LogP contribution in [0.2, 0.25) is 0 Å². The highest BCUT2D eigenvalue weighted by Gasteiger charge is 2.30. The molecule has 0 bridgehead atoms. The van der Waals surface area contributed by atoms with Gasteiger partial charge in [-0.05, 0) is 37.3 Å². The van der Waals surface area contributed by atoms with Crippen LogP contribution in [0.5, 0.6) is 0 Å². The van der Waals surface area contributed by atoms with E-state index >= 15 is 0 Å². The summed E-state index contributed by atoms with van der Waals surface area (Å²) in [4.78, 5) is 7.10. The molecule has 2 saturated heterocycles. The summed E-state index contributed by atoms with van der Waals surface area (Å²) in [7, 11) is 0.194. The molecule has 1 N–H and O–H groups in total. The van der Waals surface area contributed by atoms with E-state index in [0.29, 0.717) is 29.8 Å². The van der Waals surface area contributed by atoms with E-state index in [0.717, 1.165) is 51.5 Å². The summed E-state index contributed by atoms with van der Waals surface area (Å²) in [6.07, 6.45) is 2.86. The molecule has 2 fully saturated rings. The van der Waals surface area contributed by atoms with Gasteiger partial charge in [0, 0.05) is 52.8 Å². The Hall–Kier alpha value is -1.64. The quantitative estimate of drug-likeness (QED) is 0.572. The van der Waals surface area contributed by atoms with Crippen molar-refractivity contribution in [2.24, 2.45) is 16.8 Å². The summed E-state index contributed by atoms with van der Waals surface area (Å²) >= 11 is 0. The van der Waals surface area contributed by atoms with Crippen molar-refractivity contribution in [3.05, 3.63) is 30.3 Å².